The van der Waals surface area contributed by atoms with Gasteiger partial charge in [0.25, 0.3) is 0 Å². The van der Waals surface area contributed by atoms with Crippen LogP contribution in [0.15, 0.2) is 22.7 Å². The predicted molar refractivity (Wildman–Crippen MR) is 108 cm³/mol. The molecule has 1 aliphatic rings. The number of rotatable bonds is 5. The molecule has 1 aliphatic heterocycles. The first kappa shape index (κ1) is 21.5. The zero-order valence-corrected chi connectivity index (χ0v) is 18.1. The minimum Gasteiger partial charge on any atom is -0.496 e. The van der Waals surface area contributed by atoms with Gasteiger partial charge in [-0.1, -0.05) is 6.07 Å². The van der Waals surface area contributed by atoms with Crippen molar-refractivity contribution in [2.24, 2.45) is 0 Å². The lowest BCUT2D eigenvalue weighted by Gasteiger charge is -2.33. The molecule has 0 unspecified atom stereocenters. The van der Waals surface area contributed by atoms with Crippen LogP contribution in [0.4, 0.5) is 4.79 Å². The fourth-order valence-corrected chi connectivity index (χ4v) is 3.54. The Bertz CT molecular complexity index is 664. The van der Waals surface area contributed by atoms with Crippen LogP contribution in [0.5, 0.6) is 5.75 Å². The van der Waals surface area contributed by atoms with Gasteiger partial charge in [0.2, 0.25) is 5.91 Å². The van der Waals surface area contributed by atoms with Gasteiger partial charge in [0, 0.05) is 25.6 Å². The van der Waals surface area contributed by atoms with E-state index in [2.05, 4.69) is 21.2 Å². The van der Waals surface area contributed by atoms with Crippen LogP contribution in [0, 0.1) is 0 Å². The quantitative estimate of drug-likeness (QED) is 0.753. The first-order valence-electron chi connectivity index (χ1n) is 9.27. The first-order chi connectivity index (χ1) is 12.7. The Morgan fingerprint density at radius 1 is 1.26 bits per heavy atom. The van der Waals surface area contributed by atoms with Gasteiger partial charge < -0.3 is 19.7 Å². The van der Waals surface area contributed by atoms with Crippen LogP contribution in [0.1, 0.15) is 45.6 Å². The summed E-state index contributed by atoms with van der Waals surface area (Å²) in [5.41, 5.74) is 0.594. The van der Waals surface area contributed by atoms with Crippen molar-refractivity contribution in [3.63, 3.8) is 0 Å². The monoisotopic (exact) mass is 440 g/mol. The lowest BCUT2D eigenvalue weighted by atomic mass is 10.0. The van der Waals surface area contributed by atoms with Crippen LogP contribution in [-0.2, 0) is 16.0 Å². The number of nitrogens with zero attached hydrogens (tertiary/aromatic N) is 1. The number of carbonyl (C=O) groups excluding carboxylic acids is 2. The van der Waals surface area contributed by atoms with E-state index >= 15 is 0 Å². The second kappa shape index (κ2) is 9.44. The predicted octanol–water partition coefficient (Wildman–Crippen LogP) is 3.91. The summed E-state index contributed by atoms with van der Waals surface area (Å²) in [7, 11) is 1.63. The summed E-state index contributed by atoms with van der Waals surface area (Å²) in [5.74, 6) is 0.817. The molecule has 0 aliphatic carbocycles. The van der Waals surface area contributed by atoms with Crippen molar-refractivity contribution in [1.29, 1.82) is 0 Å². The topological polar surface area (TPSA) is 67.9 Å². The fraction of sp³-hybridized carbons (Fsp3) is 0.600. The second-order valence-corrected chi connectivity index (χ2v) is 8.63. The standard InChI is InChI=1S/C20H29BrN2O4/c1-20(2,3)27-19(25)23-11-9-15(10-12-23)22-18(24)8-6-14-5-7-17(26-4)16(21)13-14/h5,7,13,15H,6,8-12H2,1-4H3,(H,22,24). The molecule has 150 valence electrons. The number of nitrogens with one attached hydrogen (secondary N) is 1. The normalized spacial score (nSPS) is 15.4. The lowest BCUT2D eigenvalue weighted by molar-refractivity contribution is -0.122. The van der Waals surface area contributed by atoms with Gasteiger partial charge in [-0.25, -0.2) is 4.79 Å². The Kier molecular flexibility index (Phi) is 7.53. The molecule has 0 spiro atoms. The molecule has 0 radical (unpaired) electrons. The van der Waals surface area contributed by atoms with Gasteiger partial charge in [0.15, 0.2) is 0 Å². The highest BCUT2D eigenvalue weighted by Gasteiger charge is 2.27. The fourth-order valence-electron chi connectivity index (χ4n) is 2.96. The molecule has 1 aromatic rings. The van der Waals surface area contributed by atoms with Crippen molar-refractivity contribution in [2.75, 3.05) is 20.2 Å². The zero-order valence-electron chi connectivity index (χ0n) is 16.5. The van der Waals surface area contributed by atoms with Gasteiger partial charge >= 0.3 is 6.09 Å². The van der Waals surface area contributed by atoms with E-state index in [1.807, 2.05) is 39.0 Å². The lowest BCUT2D eigenvalue weighted by Crippen LogP contribution is -2.47. The molecule has 7 heteroatoms. The van der Waals surface area contributed by atoms with Crippen molar-refractivity contribution >= 4 is 27.9 Å². The number of piperidine rings is 1. The molecule has 0 aromatic heterocycles. The van der Waals surface area contributed by atoms with Crippen LogP contribution in [-0.4, -0.2) is 48.7 Å². The van der Waals surface area contributed by atoms with Crippen molar-refractivity contribution in [3.8, 4) is 5.75 Å². The van der Waals surface area contributed by atoms with E-state index in [1.54, 1.807) is 12.0 Å². The van der Waals surface area contributed by atoms with Crippen LogP contribution in [0.3, 0.4) is 0 Å². The highest BCUT2D eigenvalue weighted by molar-refractivity contribution is 9.10. The van der Waals surface area contributed by atoms with Crippen LogP contribution >= 0.6 is 15.9 Å². The second-order valence-electron chi connectivity index (χ2n) is 7.78. The minimum absolute atomic E-state index is 0.0395. The molecule has 2 rings (SSSR count). The Morgan fingerprint density at radius 3 is 2.48 bits per heavy atom. The third-order valence-electron chi connectivity index (χ3n) is 4.37. The van der Waals surface area contributed by atoms with E-state index < -0.39 is 5.60 Å². The smallest absolute Gasteiger partial charge is 0.410 e. The SMILES string of the molecule is COc1ccc(CCC(=O)NC2CCN(C(=O)OC(C)(C)C)CC2)cc1Br. The summed E-state index contributed by atoms with van der Waals surface area (Å²) in [6.07, 6.45) is 2.33. The number of ether oxygens (including phenoxy) is 2. The van der Waals surface area contributed by atoms with Gasteiger partial charge in [0.1, 0.15) is 11.4 Å². The van der Waals surface area contributed by atoms with Gasteiger partial charge in [-0.15, -0.1) is 0 Å². The molecule has 1 saturated heterocycles. The number of hydrogen-bond donors (Lipinski definition) is 1. The van der Waals surface area contributed by atoms with Crippen molar-refractivity contribution < 1.29 is 19.1 Å². The summed E-state index contributed by atoms with van der Waals surface area (Å²) < 4.78 is 11.5. The zero-order chi connectivity index (χ0) is 20.0. The molecule has 0 saturated carbocycles. The Balaban J connectivity index is 1.73. The van der Waals surface area contributed by atoms with Gasteiger partial charge in [-0.3, -0.25) is 4.79 Å². The Morgan fingerprint density at radius 2 is 1.93 bits per heavy atom. The molecular weight excluding hydrogens is 412 g/mol. The number of benzene rings is 1. The highest BCUT2D eigenvalue weighted by atomic mass is 79.9. The van der Waals surface area contributed by atoms with Gasteiger partial charge in [-0.05, 0) is 73.7 Å². The number of aryl methyl sites for hydroxylation is 1. The molecule has 2 amide bonds. The van der Waals surface area contributed by atoms with E-state index in [-0.39, 0.29) is 18.0 Å². The summed E-state index contributed by atoms with van der Waals surface area (Å²) in [6.45, 7) is 6.79. The van der Waals surface area contributed by atoms with E-state index in [0.717, 1.165) is 28.6 Å². The molecular formula is C20H29BrN2O4. The number of carbonyl (C=O) groups is 2. The average Bonchev–Trinajstić information content (AvgIpc) is 2.59. The molecule has 27 heavy (non-hydrogen) atoms. The maximum atomic E-state index is 12.2. The first-order valence-corrected chi connectivity index (χ1v) is 10.1. The molecule has 1 N–H and O–H groups in total. The largest absolute Gasteiger partial charge is 0.496 e. The van der Waals surface area contributed by atoms with Gasteiger partial charge in [0.05, 0.1) is 11.6 Å². The third-order valence-corrected chi connectivity index (χ3v) is 4.99. The van der Waals surface area contributed by atoms with Crippen LogP contribution < -0.4 is 10.1 Å². The average molecular weight is 441 g/mol. The van der Waals surface area contributed by atoms with Crippen LogP contribution in [0.2, 0.25) is 0 Å². The number of amides is 2. The van der Waals surface area contributed by atoms with Crippen LogP contribution in [0.25, 0.3) is 0 Å². The Hall–Kier alpha value is -1.76. The Labute approximate surface area is 169 Å². The molecule has 0 atom stereocenters. The third kappa shape index (κ3) is 7.05. The summed E-state index contributed by atoms with van der Waals surface area (Å²) in [4.78, 5) is 26.0. The van der Waals surface area contributed by atoms with E-state index in [9.17, 15) is 9.59 Å². The maximum absolute atomic E-state index is 12.2. The summed E-state index contributed by atoms with van der Waals surface area (Å²) in [5, 5.41) is 3.08. The number of halogens is 1. The molecule has 1 aromatic carbocycles. The van der Waals surface area contributed by atoms with Crippen molar-refractivity contribution in [1.82, 2.24) is 10.2 Å². The van der Waals surface area contributed by atoms with E-state index in [4.69, 9.17) is 9.47 Å². The minimum atomic E-state index is -0.488. The molecule has 1 heterocycles. The maximum Gasteiger partial charge on any atom is 0.410 e. The van der Waals surface area contributed by atoms with Gasteiger partial charge in [-0.2, -0.15) is 0 Å². The van der Waals surface area contributed by atoms with Crippen molar-refractivity contribution in [3.05, 3.63) is 28.2 Å². The number of likely N-dealkylation sites (tertiary alicyclic amines) is 1. The number of hydrogen-bond acceptors (Lipinski definition) is 4. The highest BCUT2D eigenvalue weighted by Crippen LogP contribution is 2.26. The van der Waals surface area contributed by atoms with E-state index in [1.165, 1.54) is 0 Å². The molecule has 6 nitrogen and oxygen atoms in total. The summed E-state index contributed by atoms with van der Waals surface area (Å²) >= 11 is 3.46. The number of methoxy groups -OCH3 is 1. The molecule has 1 fully saturated rings. The van der Waals surface area contributed by atoms with Crippen molar-refractivity contribution in [2.45, 2.75) is 58.1 Å². The van der Waals surface area contributed by atoms with E-state index in [0.29, 0.717) is 25.9 Å². The summed E-state index contributed by atoms with van der Waals surface area (Å²) in [6, 6.07) is 5.95. The molecule has 0 bridgehead atoms.